The van der Waals surface area contributed by atoms with Crippen molar-refractivity contribution in [2.75, 3.05) is 0 Å². The molecule has 4 aromatic rings. The highest BCUT2D eigenvalue weighted by atomic mass is 32.2. The number of rotatable bonds is 6. The maximum atomic E-state index is 5.84. The molecule has 0 aliphatic carbocycles. The topological polar surface area (TPSA) is 69.6 Å². The molecule has 132 valence electrons. The number of hydrogen-bond acceptors (Lipinski definition) is 7. The lowest BCUT2D eigenvalue weighted by Crippen LogP contribution is -1.94. The summed E-state index contributed by atoms with van der Waals surface area (Å²) < 4.78 is 7.78. The number of nitrogens with zero attached hydrogens (tertiary/aromatic N) is 5. The van der Waals surface area contributed by atoms with Gasteiger partial charge >= 0.3 is 0 Å². The van der Waals surface area contributed by atoms with Crippen LogP contribution in [0, 0.1) is 6.92 Å². The van der Waals surface area contributed by atoms with Crippen LogP contribution in [0.2, 0.25) is 0 Å². The molecule has 0 radical (unpaired) electrons. The number of thiophene rings is 1. The molecule has 1 aromatic carbocycles. The lowest BCUT2D eigenvalue weighted by Gasteiger charge is -2.04. The largest absolute Gasteiger partial charge is 0.419 e. The van der Waals surface area contributed by atoms with E-state index in [0.29, 0.717) is 17.5 Å². The summed E-state index contributed by atoms with van der Waals surface area (Å²) in [7, 11) is 0. The van der Waals surface area contributed by atoms with Gasteiger partial charge < -0.3 is 4.42 Å². The van der Waals surface area contributed by atoms with Crippen LogP contribution in [-0.4, -0.2) is 25.0 Å². The number of aromatic nitrogens is 5. The fraction of sp³-hybridized carbons (Fsp3) is 0.222. The van der Waals surface area contributed by atoms with Crippen LogP contribution in [0.4, 0.5) is 0 Å². The highest BCUT2D eigenvalue weighted by molar-refractivity contribution is 7.98. The Hall–Kier alpha value is -2.45. The van der Waals surface area contributed by atoms with E-state index in [0.717, 1.165) is 22.1 Å². The molecular formula is C18H17N5OS2. The van der Waals surface area contributed by atoms with Crippen molar-refractivity contribution in [3.8, 4) is 16.5 Å². The van der Waals surface area contributed by atoms with Gasteiger partial charge in [-0.05, 0) is 37.1 Å². The fourth-order valence-corrected chi connectivity index (χ4v) is 4.40. The van der Waals surface area contributed by atoms with Crippen LogP contribution < -0.4 is 0 Å². The molecule has 0 aliphatic heterocycles. The molecule has 8 heteroatoms. The Morgan fingerprint density at radius 2 is 2.00 bits per heavy atom. The standard InChI is InChI=1S/C18H17N5OS2/c1-3-14-12(2)9-15(26-14)17-21-20-16(24-17)10-25-18-22-19-11-23(18)13-7-5-4-6-8-13/h4-9,11H,3,10H2,1-2H3. The SMILES string of the molecule is CCc1sc(-c2nnc(CSc3nncn3-c3ccccc3)o2)cc1C. The molecule has 0 atom stereocenters. The van der Waals surface area contributed by atoms with Gasteiger partial charge in [-0.3, -0.25) is 4.57 Å². The number of hydrogen-bond donors (Lipinski definition) is 0. The van der Waals surface area contributed by atoms with E-state index < -0.39 is 0 Å². The fourth-order valence-electron chi connectivity index (χ4n) is 2.60. The van der Waals surface area contributed by atoms with Gasteiger partial charge in [-0.15, -0.1) is 31.7 Å². The van der Waals surface area contributed by atoms with Gasteiger partial charge in [0.2, 0.25) is 5.89 Å². The molecule has 4 rings (SSSR count). The van der Waals surface area contributed by atoms with Gasteiger partial charge in [-0.1, -0.05) is 36.9 Å². The zero-order valence-electron chi connectivity index (χ0n) is 14.4. The van der Waals surface area contributed by atoms with Crippen molar-refractivity contribution < 1.29 is 4.42 Å². The van der Waals surface area contributed by atoms with Crippen LogP contribution in [0.25, 0.3) is 16.5 Å². The number of para-hydroxylation sites is 1. The summed E-state index contributed by atoms with van der Waals surface area (Å²) >= 11 is 3.23. The second-order valence-electron chi connectivity index (χ2n) is 5.68. The monoisotopic (exact) mass is 383 g/mol. The smallest absolute Gasteiger partial charge is 0.257 e. The van der Waals surface area contributed by atoms with E-state index in [1.54, 1.807) is 17.7 Å². The van der Waals surface area contributed by atoms with E-state index in [9.17, 15) is 0 Å². The van der Waals surface area contributed by atoms with Crippen molar-refractivity contribution in [1.29, 1.82) is 0 Å². The van der Waals surface area contributed by atoms with Gasteiger partial charge in [0.1, 0.15) is 6.33 Å². The minimum Gasteiger partial charge on any atom is -0.419 e. The third-order valence-electron chi connectivity index (χ3n) is 3.89. The number of aryl methyl sites for hydroxylation is 2. The summed E-state index contributed by atoms with van der Waals surface area (Å²) in [6.45, 7) is 4.27. The molecule has 0 aliphatic rings. The maximum Gasteiger partial charge on any atom is 0.257 e. The van der Waals surface area contributed by atoms with Gasteiger partial charge in [0.25, 0.3) is 5.89 Å². The Kier molecular flexibility index (Phi) is 4.85. The van der Waals surface area contributed by atoms with Crippen molar-refractivity contribution in [1.82, 2.24) is 25.0 Å². The Balaban J connectivity index is 1.48. The minimum atomic E-state index is 0.545. The number of thioether (sulfide) groups is 1. The average Bonchev–Trinajstić information content (AvgIpc) is 3.40. The van der Waals surface area contributed by atoms with Gasteiger partial charge in [-0.2, -0.15) is 0 Å². The third kappa shape index (κ3) is 3.42. The van der Waals surface area contributed by atoms with Gasteiger partial charge in [-0.25, -0.2) is 0 Å². The van der Waals surface area contributed by atoms with Crippen molar-refractivity contribution in [3.63, 3.8) is 0 Å². The Labute approximate surface area is 159 Å². The summed E-state index contributed by atoms with van der Waals surface area (Å²) in [6, 6.07) is 12.1. The van der Waals surface area contributed by atoms with Crippen LogP contribution in [0.5, 0.6) is 0 Å². The zero-order chi connectivity index (χ0) is 17.9. The van der Waals surface area contributed by atoms with E-state index in [-0.39, 0.29) is 0 Å². The molecule has 3 heterocycles. The Morgan fingerprint density at radius 1 is 1.15 bits per heavy atom. The molecule has 0 N–H and O–H groups in total. The quantitative estimate of drug-likeness (QED) is 0.455. The lowest BCUT2D eigenvalue weighted by molar-refractivity contribution is 0.529. The van der Waals surface area contributed by atoms with E-state index in [1.165, 1.54) is 22.2 Å². The van der Waals surface area contributed by atoms with Gasteiger partial charge in [0.05, 0.1) is 10.6 Å². The summed E-state index contributed by atoms with van der Waals surface area (Å²) in [6.07, 6.45) is 2.72. The third-order valence-corrected chi connectivity index (χ3v) is 6.19. The van der Waals surface area contributed by atoms with Crippen molar-refractivity contribution >= 4 is 23.1 Å². The van der Waals surface area contributed by atoms with Crippen molar-refractivity contribution in [2.45, 2.75) is 31.2 Å². The van der Waals surface area contributed by atoms with Crippen LogP contribution in [0.3, 0.4) is 0 Å². The van der Waals surface area contributed by atoms with Crippen molar-refractivity contribution in [3.05, 3.63) is 59.1 Å². The molecule has 0 unspecified atom stereocenters. The molecule has 0 saturated carbocycles. The van der Waals surface area contributed by atoms with E-state index in [2.05, 4.69) is 40.3 Å². The van der Waals surface area contributed by atoms with E-state index in [1.807, 2.05) is 34.9 Å². The second-order valence-corrected chi connectivity index (χ2v) is 7.76. The summed E-state index contributed by atoms with van der Waals surface area (Å²) in [5, 5.41) is 17.4. The summed E-state index contributed by atoms with van der Waals surface area (Å²) in [5.74, 6) is 1.71. The normalized spacial score (nSPS) is 11.2. The number of benzene rings is 1. The lowest BCUT2D eigenvalue weighted by atomic mass is 10.2. The summed E-state index contributed by atoms with van der Waals surface area (Å²) in [5.41, 5.74) is 2.30. The first-order valence-corrected chi connectivity index (χ1v) is 10.0. The zero-order valence-corrected chi connectivity index (χ0v) is 16.0. The highest BCUT2D eigenvalue weighted by Gasteiger charge is 2.14. The molecular weight excluding hydrogens is 366 g/mol. The Bertz CT molecular complexity index is 1010. The van der Waals surface area contributed by atoms with Crippen LogP contribution in [0.15, 0.2) is 52.3 Å². The van der Waals surface area contributed by atoms with E-state index in [4.69, 9.17) is 4.42 Å². The first-order valence-electron chi connectivity index (χ1n) is 8.25. The van der Waals surface area contributed by atoms with Crippen molar-refractivity contribution in [2.24, 2.45) is 0 Å². The second kappa shape index (κ2) is 7.43. The average molecular weight is 384 g/mol. The van der Waals surface area contributed by atoms with E-state index >= 15 is 0 Å². The predicted octanol–water partition coefficient (Wildman–Crippen LogP) is 4.54. The first-order chi connectivity index (χ1) is 12.7. The molecule has 0 saturated heterocycles. The summed E-state index contributed by atoms with van der Waals surface area (Å²) in [4.78, 5) is 2.38. The van der Waals surface area contributed by atoms with Crippen LogP contribution in [0.1, 0.15) is 23.3 Å². The highest BCUT2D eigenvalue weighted by Crippen LogP contribution is 2.31. The molecule has 26 heavy (non-hydrogen) atoms. The Morgan fingerprint density at radius 3 is 2.77 bits per heavy atom. The molecule has 0 bridgehead atoms. The van der Waals surface area contributed by atoms with Crippen LogP contribution >= 0.6 is 23.1 Å². The first kappa shape index (κ1) is 17.0. The molecule has 6 nitrogen and oxygen atoms in total. The minimum absolute atomic E-state index is 0.545. The molecule has 0 spiro atoms. The maximum absolute atomic E-state index is 5.84. The van der Waals surface area contributed by atoms with Gasteiger partial charge in [0.15, 0.2) is 5.16 Å². The molecule has 0 fully saturated rings. The predicted molar refractivity (Wildman–Crippen MR) is 103 cm³/mol. The molecule has 3 aromatic heterocycles. The van der Waals surface area contributed by atoms with Crippen LogP contribution in [-0.2, 0) is 12.2 Å². The molecule has 0 amide bonds. The van der Waals surface area contributed by atoms with Gasteiger partial charge in [0, 0.05) is 10.6 Å².